The maximum absolute atomic E-state index is 11.0. The van der Waals surface area contributed by atoms with Crippen LogP contribution in [0.3, 0.4) is 0 Å². The lowest BCUT2D eigenvalue weighted by atomic mass is 9.81. The highest BCUT2D eigenvalue weighted by molar-refractivity contribution is 6.99. The maximum Gasteiger partial charge on any atom is 0.261 e. The third-order valence-corrected chi connectivity index (χ3v) is 14.9. The van der Waals surface area contributed by atoms with E-state index in [1.54, 1.807) is 0 Å². The van der Waals surface area contributed by atoms with E-state index in [0.717, 1.165) is 18.4 Å². The molecule has 46 heavy (non-hydrogen) atoms. The smallest absolute Gasteiger partial charge is 0.261 e. The van der Waals surface area contributed by atoms with Crippen molar-refractivity contribution in [1.82, 2.24) is 4.90 Å². The lowest BCUT2D eigenvalue weighted by Crippen LogP contribution is -2.70. The van der Waals surface area contributed by atoms with Gasteiger partial charge in [-0.3, -0.25) is 0 Å². The summed E-state index contributed by atoms with van der Waals surface area (Å²) < 4.78 is 20.5. The highest BCUT2D eigenvalue weighted by Gasteiger charge is 2.59. The Hall–Kier alpha value is -3.57. The SMILES string of the molecule is CC(C)(C)[Si](O[C@@H]1CCC(C#N)(CCCOCc2ccccc2)N2C1OC[C@H]2c1ccccc1)(c1ccccc1)c1ccccc1. The predicted molar refractivity (Wildman–Crippen MR) is 186 cm³/mol. The Morgan fingerprint density at radius 1 is 0.848 bits per heavy atom. The molecule has 238 valence electrons. The Morgan fingerprint density at radius 2 is 1.41 bits per heavy atom. The van der Waals surface area contributed by atoms with Crippen molar-refractivity contribution in [2.75, 3.05) is 13.2 Å². The van der Waals surface area contributed by atoms with Crippen molar-refractivity contribution in [3.63, 3.8) is 0 Å². The van der Waals surface area contributed by atoms with Crippen LogP contribution >= 0.6 is 0 Å². The van der Waals surface area contributed by atoms with Crippen LogP contribution in [0.1, 0.15) is 63.6 Å². The molecule has 0 aliphatic carbocycles. The van der Waals surface area contributed by atoms with Gasteiger partial charge in [-0.25, -0.2) is 4.90 Å². The molecule has 0 aromatic heterocycles. The van der Waals surface area contributed by atoms with E-state index in [2.05, 4.69) is 129 Å². The van der Waals surface area contributed by atoms with Crippen LogP contribution in [0.25, 0.3) is 0 Å². The van der Waals surface area contributed by atoms with Crippen molar-refractivity contribution in [3.05, 3.63) is 132 Å². The lowest BCUT2D eigenvalue weighted by molar-refractivity contribution is -0.122. The third-order valence-electron chi connectivity index (χ3n) is 9.82. The average Bonchev–Trinajstić information content (AvgIpc) is 3.55. The summed E-state index contributed by atoms with van der Waals surface area (Å²) in [7, 11) is -2.83. The number of nitriles is 1. The van der Waals surface area contributed by atoms with Gasteiger partial charge in [0.05, 0.1) is 31.4 Å². The van der Waals surface area contributed by atoms with Crippen LogP contribution in [0.2, 0.25) is 5.04 Å². The highest BCUT2D eigenvalue weighted by Crippen LogP contribution is 2.48. The summed E-state index contributed by atoms with van der Waals surface area (Å²) in [5.74, 6) is 0. The summed E-state index contributed by atoms with van der Waals surface area (Å²) in [5, 5.41) is 13.3. The second-order valence-corrected chi connectivity index (χ2v) is 18.0. The van der Waals surface area contributed by atoms with Gasteiger partial charge in [0, 0.05) is 6.61 Å². The molecule has 0 amide bonds. The molecule has 2 aliphatic heterocycles. The van der Waals surface area contributed by atoms with Crippen LogP contribution in [-0.4, -0.2) is 44.3 Å². The fourth-order valence-electron chi connectivity index (χ4n) is 7.63. The van der Waals surface area contributed by atoms with Crippen LogP contribution in [0.4, 0.5) is 0 Å². The average molecular weight is 631 g/mol. The van der Waals surface area contributed by atoms with Crippen molar-refractivity contribution in [3.8, 4) is 6.07 Å². The van der Waals surface area contributed by atoms with E-state index < -0.39 is 13.9 Å². The lowest BCUT2D eigenvalue weighted by Gasteiger charge is -2.52. The molecule has 2 unspecified atom stereocenters. The summed E-state index contributed by atoms with van der Waals surface area (Å²) in [6, 6.07) is 45.2. The summed E-state index contributed by atoms with van der Waals surface area (Å²) in [5.41, 5.74) is 1.66. The molecule has 4 aromatic carbocycles. The molecule has 6 rings (SSSR count). The highest BCUT2D eigenvalue weighted by atomic mass is 28.4. The monoisotopic (exact) mass is 630 g/mol. The Balaban J connectivity index is 1.32. The summed E-state index contributed by atoms with van der Waals surface area (Å²) in [4.78, 5) is 2.38. The number of hydrogen-bond acceptors (Lipinski definition) is 5. The van der Waals surface area contributed by atoms with Gasteiger partial charge >= 0.3 is 0 Å². The number of benzene rings is 4. The first-order valence-corrected chi connectivity index (χ1v) is 18.6. The quantitative estimate of drug-likeness (QED) is 0.128. The topological polar surface area (TPSA) is 54.7 Å². The molecule has 0 saturated carbocycles. The van der Waals surface area contributed by atoms with E-state index in [4.69, 9.17) is 13.9 Å². The molecule has 6 heteroatoms. The standard InChI is InChI=1S/C40H46N2O3Si/c1-39(2,3)46(34-21-12-6-13-22-34,35-23-14-7-15-24-35)45-37-25-27-40(31-41,26-16-28-43-29-32-17-8-4-9-18-32)42-36(30-44-38(37)42)33-19-10-5-11-20-33/h4-15,17-24,36-38H,16,25-30H2,1-3H3/t36-,37+,38?,40?/m0/s1. The van der Waals surface area contributed by atoms with Crippen LogP contribution in [0.15, 0.2) is 121 Å². The Labute approximate surface area is 275 Å². The van der Waals surface area contributed by atoms with Gasteiger partial charge < -0.3 is 13.9 Å². The van der Waals surface area contributed by atoms with Crippen molar-refractivity contribution >= 4 is 18.7 Å². The normalized spacial score (nSPS) is 23.5. The van der Waals surface area contributed by atoms with Gasteiger partial charge in [-0.1, -0.05) is 142 Å². The summed E-state index contributed by atoms with van der Waals surface area (Å²) in [6.07, 6.45) is 2.47. The largest absolute Gasteiger partial charge is 0.400 e. The number of nitrogens with zero attached hydrogens (tertiary/aromatic N) is 2. The zero-order valence-corrected chi connectivity index (χ0v) is 28.3. The van der Waals surface area contributed by atoms with Gasteiger partial charge in [0.1, 0.15) is 11.8 Å². The molecule has 2 aliphatic rings. The third kappa shape index (κ3) is 6.36. The Bertz CT molecular complexity index is 1530. The number of piperidine rings is 1. The van der Waals surface area contributed by atoms with Gasteiger partial charge in [0.25, 0.3) is 8.32 Å². The summed E-state index contributed by atoms with van der Waals surface area (Å²) >= 11 is 0. The zero-order chi connectivity index (χ0) is 32.0. The Morgan fingerprint density at radius 3 is 1.98 bits per heavy atom. The van der Waals surface area contributed by atoms with Gasteiger partial charge in [-0.05, 0) is 52.2 Å². The minimum Gasteiger partial charge on any atom is -0.400 e. The molecule has 2 heterocycles. The molecule has 0 radical (unpaired) electrons. The number of fused-ring (bicyclic) bond motifs is 1. The molecule has 2 saturated heterocycles. The van der Waals surface area contributed by atoms with Crippen molar-refractivity contribution in [2.24, 2.45) is 0 Å². The second kappa shape index (κ2) is 14.0. The van der Waals surface area contributed by atoms with E-state index >= 15 is 0 Å². The molecule has 4 aromatic rings. The van der Waals surface area contributed by atoms with Gasteiger partial charge in [0.2, 0.25) is 0 Å². The van der Waals surface area contributed by atoms with Gasteiger partial charge in [0.15, 0.2) is 0 Å². The molecule has 0 bridgehead atoms. The van der Waals surface area contributed by atoms with Gasteiger partial charge in [-0.2, -0.15) is 5.26 Å². The molecule has 5 nitrogen and oxygen atoms in total. The number of hydrogen-bond donors (Lipinski definition) is 0. The first-order valence-electron chi connectivity index (χ1n) is 16.6. The van der Waals surface area contributed by atoms with E-state index in [1.807, 2.05) is 24.3 Å². The van der Waals surface area contributed by atoms with Crippen LogP contribution < -0.4 is 10.4 Å². The molecule has 2 fully saturated rings. The van der Waals surface area contributed by atoms with E-state index in [-0.39, 0.29) is 23.4 Å². The van der Waals surface area contributed by atoms with E-state index in [9.17, 15) is 5.26 Å². The predicted octanol–water partition coefficient (Wildman–Crippen LogP) is 7.38. The first kappa shape index (κ1) is 32.4. The minimum atomic E-state index is -2.83. The fourth-order valence-corrected chi connectivity index (χ4v) is 12.3. The first-order chi connectivity index (χ1) is 22.4. The van der Waals surface area contributed by atoms with Crippen molar-refractivity contribution in [2.45, 2.75) is 82.0 Å². The maximum atomic E-state index is 11.0. The number of rotatable bonds is 11. The molecule has 0 N–H and O–H groups in total. The summed E-state index contributed by atoms with van der Waals surface area (Å²) in [6.45, 7) is 8.67. The minimum absolute atomic E-state index is 0.0263. The molecule has 4 atom stereocenters. The van der Waals surface area contributed by atoms with E-state index in [1.165, 1.54) is 15.9 Å². The number of ether oxygens (including phenoxy) is 2. The molecular formula is C40H46N2O3Si. The van der Waals surface area contributed by atoms with E-state index in [0.29, 0.717) is 32.7 Å². The van der Waals surface area contributed by atoms with Crippen molar-refractivity contribution < 1.29 is 13.9 Å². The molecule has 0 spiro atoms. The van der Waals surface area contributed by atoms with Crippen LogP contribution in [0, 0.1) is 11.3 Å². The van der Waals surface area contributed by atoms with Gasteiger partial charge in [-0.15, -0.1) is 0 Å². The Kier molecular flexibility index (Phi) is 9.88. The zero-order valence-electron chi connectivity index (χ0n) is 27.3. The second-order valence-electron chi connectivity index (χ2n) is 13.7. The fraction of sp³-hybridized carbons (Fsp3) is 0.375. The van der Waals surface area contributed by atoms with Crippen molar-refractivity contribution in [1.29, 1.82) is 5.26 Å². The molecular weight excluding hydrogens is 585 g/mol. The van der Waals surface area contributed by atoms with Crippen LogP contribution in [0.5, 0.6) is 0 Å². The van der Waals surface area contributed by atoms with Crippen LogP contribution in [-0.2, 0) is 20.5 Å².